The van der Waals surface area contributed by atoms with Crippen LogP contribution in [0.2, 0.25) is 0 Å². The number of halogens is 1. The van der Waals surface area contributed by atoms with Crippen molar-refractivity contribution in [2.75, 3.05) is 6.61 Å². The van der Waals surface area contributed by atoms with Crippen LogP contribution in [0.25, 0.3) is 17.1 Å². The fraction of sp³-hybridized carbons (Fsp3) is 0.105. The molecule has 5 rings (SSSR count). The second-order valence-corrected chi connectivity index (χ2v) is 6.93. The van der Waals surface area contributed by atoms with Gasteiger partial charge in [-0.05, 0) is 30.3 Å². The zero-order chi connectivity index (χ0) is 17.5. The standard InChI is InChI=1S/C19H13BrN4O2/c20-13-6-7-17-15(8-13)16(11-25-17)19-22-18(23-26-19)12-9-21-24(10-12)14-4-2-1-3-5-14/h1-10,16H,11H2. The van der Waals surface area contributed by atoms with Crippen molar-refractivity contribution >= 4 is 15.9 Å². The van der Waals surface area contributed by atoms with Gasteiger partial charge in [0, 0.05) is 16.2 Å². The Morgan fingerprint density at radius 1 is 1.12 bits per heavy atom. The average Bonchev–Trinajstić information content (AvgIpc) is 3.40. The van der Waals surface area contributed by atoms with Crippen LogP contribution in [0.4, 0.5) is 0 Å². The van der Waals surface area contributed by atoms with E-state index in [0.29, 0.717) is 18.3 Å². The van der Waals surface area contributed by atoms with Crippen LogP contribution >= 0.6 is 15.9 Å². The van der Waals surface area contributed by atoms with Crippen molar-refractivity contribution in [1.29, 1.82) is 0 Å². The number of hydrogen-bond acceptors (Lipinski definition) is 5. The Hall–Kier alpha value is -2.93. The van der Waals surface area contributed by atoms with Gasteiger partial charge in [-0.15, -0.1) is 0 Å². The Kier molecular flexibility index (Phi) is 3.60. The Labute approximate surface area is 157 Å². The molecule has 0 saturated heterocycles. The van der Waals surface area contributed by atoms with Gasteiger partial charge >= 0.3 is 0 Å². The lowest BCUT2D eigenvalue weighted by molar-refractivity contribution is 0.305. The third-order valence-corrected chi connectivity index (χ3v) is 4.85. The number of ether oxygens (including phenoxy) is 1. The summed E-state index contributed by atoms with van der Waals surface area (Å²) in [6.07, 6.45) is 3.62. The number of benzene rings is 2. The van der Waals surface area contributed by atoms with Gasteiger partial charge in [0.05, 0.1) is 17.4 Å². The SMILES string of the molecule is Brc1ccc2c(c1)C(c1nc(-c3cnn(-c4ccccc4)c3)no1)CO2. The molecule has 2 aromatic heterocycles. The van der Waals surface area contributed by atoms with Gasteiger partial charge in [-0.3, -0.25) is 0 Å². The molecule has 26 heavy (non-hydrogen) atoms. The van der Waals surface area contributed by atoms with Crippen molar-refractivity contribution in [3.05, 3.63) is 76.9 Å². The van der Waals surface area contributed by atoms with Gasteiger partial charge in [0.25, 0.3) is 0 Å². The minimum absolute atomic E-state index is 0.0621. The molecule has 0 amide bonds. The Bertz CT molecular complexity index is 1070. The normalized spacial score (nSPS) is 15.7. The first kappa shape index (κ1) is 15.3. The smallest absolute Gasteiger partial charge is 0.238 e. The molecule has 1 atom stereocenters. The van der Waals surface area contributed by atoms with Crippen LogP contribution in [0.15, 0.2) is 69.9 Å². The van der Waals surface area contributed by atoms with Gasteiger partial charge in [-0.25, -0.2) is 4.68 Å². The van der Waals surface area contributed by atoms with Crippen LogP contribution < -0.4 is 4.74 Å². The monoisotopic (exact) mass is 408 g/mol. The zero-order valence-corrected chi connectivity index (χ0v) is 15.1. The quantitative estimate of drug-likeness (QED) is 0.507. The number of hydrogen-bond donors (Lipinski definition) is 0. The maximum Gasteiger partial charge on any atom is 0.238 e. The molecule has 0 saturated carbocycles. The molecule has 1 aliphatic rings. The molecule has 0 N–H and O–H groups in total. The summed E-state index contributed by atoms with van der Waals surface area (Å²) in [5.41, 5.74) is 2.83. The summed E-state index contributed by atoms with van der Waals surface area (Å²) in [4.78, 5) is 4.57. The fourth-order valence-electron chi connectivity index (χ4n) is 3.04. The molecule has 0 radical (unpaired) electrons. The van der Waals surface area contributed by atoms with Crippen molar-refractivity contribution in [3.8, 4) is 22.8 Å². The predicted octanol–water partition coefficient (Wildman–Crippen LogP) is 4.21. The van der Waals surface area contributed by atoms with Gasteiger partial charge in [0.1, 0.15) is 18.3 Å². The number of para-hydroxylation sites is 1. The van der Waals surface area contributed by atoms with E-state index in [9.17, 15) is 0 Å². The van der Waals surface area contributed by atoms with E-state index < -0.39 is 0 Å². The van der Waals surface area contributed by atoms with Crippen molar-refractivity contribution < 1.29 is 9.26 Å². The first-order valence-electron chi connectivity index (χ1n) is 8.14. The van der Waals surface area contributed by atoms with Crippen molar-refractivity contribution in [2.24, 2.45) is 0 Å². The lowest BCUT2D eigenvalue weighted by Gasteiger charge is -2.02. The molecule has 7 heteroatoms. The van der Waals surface area contributed by atoms with Crippen molar-refractivity contribution in [2.45, 2.75) is 5.92 Å². The van der Waals surface area contributed by atoms with Gasteiger partial charge < -0.3 is 9.26 Å². The second-order valence-electron chi connectivity index (χ2n) is 6.01. The van der Waals surface area contributed by atoms with Crippen molar-refractivity contribution in [1.82, 2.24) is 19.9 Å². The minimum atomic E-state index is -0.0621. The highest BCUT2D eigenvalue weighted by atomic mass is 79.9. The largest absolute Gasteiger partial charge is 0.492 e. The Morgan fingerprint density at radius 2 is 2.00 bits per heavy atom. The highest BCUT2D eigenvalue weighted by molar-refractivity contribution is 9.10. The van der Waals surface area contributed by atoms with Crippen LogP contribution in [-0.4, -0.2) is 26.5 Å². The van der Waals surface area contributed by atoms with E-state index in [1.165, 1.54) is 0 Å². The number of fused-ring (bicyclic) bond motifs is 1. The van der Waals surface area contributed by atoms with Gasteiger partial charge in [-0.2, -0.15) is 10.1 Å². The number of rotatable bonds is 3. The minimum Gasteiger partial charge on any atom is -0.492 e. The Morgan fingerprint density at radius 3 is 2.88 bits per heavy atom. The summed E-state index contributed by atoms with van der Waals surface area (Å²) in [5.74, 6) is 1.86. The molecule has 4 aromatic rings. The van der Waals surface area contributed by atoms with Gasteiger partial charge in [0.15, 0.2) is 0 Å². The van der Waals surface area contributed by atoms with E-state index in [2.05, 4.69) is 31.2 Å². The third kappa shape index (κ3) is 2.61. The maximum atomic E-state index is 5.73. The van der Waals surface area contributed by atoms with Gasteiger partial charge in [-0.1, -0.05) is 39.3 Å². The van der Waals surface area contributed by atoms with E-state index in [0.717, 1.165) is 27.0 Å². The van der Waals surface area contributed by atoms with E-state index >= 15 is 0 Å². The first-order valence-corrected chi connectivity index (χ1v) is 8.93. The summed E-state index contributed by atoms with van der Waals surface area (Å²) in [6.45, 7) is 0.497. The van der Waals surface area contributed by atoms with E-state index in [1.807, 2.05) is 54.7 Å². The number of nitrogens with zero attached hydrogens (tertiary/aromatic N) is 4. The highest BCUT2D eigenvalue weighted by Crippen LogP contribution is 2.39. The average molecular weight is 409 g/mol. The fourth-order valence-corrected chi connectivity index (χ4v) is 3.42. The lowest BCUT2D eigenvalue weighted by Crippen LogP contribution is -2.02. The summed E-state index contributed by atoms with van der Waals surface area (Å²) in [7, 11) is 0. The summed E-state index contributed by atoms with van der Waals surface area (Å²) < 4.78 is 14.0. The third-order valence-electron chi connectivity index (χ3n) is 4.35. The summed E-state index contributed by atoms with van der Waals surface area (Å²) in [6, 6.07) is 15.8. The predicted molar refractivity (Wildman–Crippen MR) is 98.3 cm³/mol. The topological polar surface area (TPSA) is 66.0 Å². The second kappa shape index (κ2) is 6.10. The van der Waals surface area contributed by atoms with Crippen LogP contribution in [0.5, 0.6) is 5.75 Å². The molecule has 6 nitrogen and oxygen atoms in total. The van der Waals surface area contributed by atoms with Crippen LogP contribution in [0.3, 0.4) is 0 Å². The maximum absolute atomic E-state index is 5.73. The molecule has 0 bridgehead atoms. The molecule has 1 aliphatic heterocycles. The van der Waals surface area contributed by atoms with Crippen LogP contribution in [-0.2, 0) is 0 Å². The van der Waals surface area contributed by atoms with E-state index in [4.69, 9.17) is 9.26 Å². The van der Waals surface area contributed by atoms with Gasteiger partial charge in [0.2, 0.25) is 11.7 Å². The van der Waals surface area contributed by atoms with Crippen LogP contribution in [0, 0.1) is 0 Å². The zero-order valence-electron chi connectivity index (χ0n) is 13.5. The Balaban J connectivity index is 1.45. The molecule has 2 aromatic carbocycles. The number of aromatic nitrogens is 4. The van der Waals surface area contributed by atoms with E-state index in [1.54, 1.807) is 10.9 Å². The highest BCUT2D eigenvalue weighted by Gasteiger charge is 2.31. The summed E-state index contributed by atoms with van der Waals surface area (Å²) >= 11 is 3.50. The molecule has 0 aliphatic carbocycles. The molecule has 0 fully saturated rings. The molecule has 128 valence electrons. The lowest BCUT2D eigenvalue weighted by atomic mass is 10.0. The molecular formula is C19H13BrN4O2. The molecule has 0 spiro atoms. The molecule has 3 heterocycles. The first-order chi connectivity index (χ1) is 12.8. The molecule has 1 unspecified atom stereocenters. The summed E-state index contributed by atoms with van der Waals surface area (Å²) in [5, 5.41) is 8.51. The van der Waals surface area contributed by atoms with Crippen molar-refractivity contribution in [3.63, 3.8) is 0 Å². The van der Waals surface area contributed by atoms with Crippen LogP contribution in [0.1, 0.15) is 17.4 Å². The van der Waals surface area contributed by atoms with E-state index in [-0.39, 0.29) is 5.92 Å². The molecular weight excluding hydrogens is 396 g/mol.